The molecular formula is C22H25ClN4. The highest BCUT2D eigenvalue weighted by Gasteiger charge is 2.22. The van der Waals surface area contributed by atoms with Gasteiger partial charge in [0.1, 0.15) is 5.82 Å². The summed E-state index contributed by atoms with van der Waals surface area (Å²) in [4.78, 5) is 2.12. The van der Waals surface area contributed by atoms with Crippen LogP contribution in [-0.2, 0) is 6.42 Å². The van der Waals surface area contributed by atoms with Crippen LogP contribution in [0, 0.1) is 6.92 Å². The summed E-state index contributed by atoms with van der Waals surface area (Å²) >= 11 is 6.29. The maximum Gasteiger partial charge on any atom is 0.133 e. The summed E-state index contributed by atoms with van der Waals surface area (Å²) in [6.45, 7) is 3.07. The summed E-state index contributed by atoms with van der Waals surface area (Å²) in [5, 5.41) is 9.39. The van der Waals surface area contributed by atoms with Gasteiger partial charge in [-0.05, 0) is 56.0 Å². The standard InChI is InChI=1S/C22H25ClN4/c1-15-10-11-17(23)14-20(15)27-22-19(9-4-5-12-24-22)21(25-27)16-7-6-8-18(13-16)26(2)3/h6-8,10-11,13-14,24H,4-5,9,12H2,1-3H3. The van der Waals surface area contributed by atoms with Crippen LogP contribution in [0.2, 0.25) is 5.02 Å². The maximum absolute atomic E-state index is 6.29. The molecule has 0 bridgehead atoms. The molecule has 1 aromatic heterocycles. The lowest BCUT2D eigenvalue weighted by molar-refractivity contribution is 0.779. The number of fused-ring (bicyclic) bond motifs is 1. The Hall–Kier alpha value is -2.46. The number of rotatable bonds is 3. The van der Waals surface area contributed by atoms with Crippen LogP contribution in [0.15, 0.2) is 42.5 Å². The van der Waals surface area contributed by atoms with Crippen LogP contribution in [0.25, 0.3) is 16.9 Å². The number of aryl methyl sites for hydroxylation is 1. The first-order valence-electron chi connectivity index (χ1n) is 9.44. The molecule has 2 aromatic carbocycles. The second-order valence-corrected chi connectivity index (χ2v) is 7.78. The number of halogens is 1. The second kappa shape index (κ2) is 7.28. The highest BCUT2D eigenvalue weighted by Crippen LogP contribution is 2.36. The highest BCUT2D eigenvalue weighted by atomic mass is 35.5. The minimum absolute atomic E-state index is 0.727. The second-order valence-electron chi connectivity index (χ2n) is 7.35. The number of benzene rings is 2. The molecule has 0 aliphatic carbocycles. The fourth-order valence-electron chi connectivity index (χ4n) is 3.65. The van der Waals surface area contributed by atoms with Gasteiger partial charge in [-0.15, -0.1) is 0 Å². The smallest absolute Gasteiger partial charge is 0.133 e. The van der Waals surface area contributed by atoms with Gasteiger partial charge in [-0.1, -0.05) is 29.8 Å². The number of hydrogen-bond acceptors (Lipinski definition) is 3. The van der Waals surface area contributed by atoms with Crippen LogP contribution in [0.4, 0.5) is 11.5 Å². The Morgan fingerprint density at radius 1 is 1.11 bits per heavy atom. The van der Waals surface area contributed by atoms with Crippen molar-refractivity contribution in [1.29, 1.82) is 0 Å². The normalized spacial score (nSPS) is 13.6. The van der Waals surface area contributed by atoms with E-state index in [1.54, 1.807) is 0 Å². The van der Waals surface area contributed by atoms with Gasteiger partial charge in [0.2, 0.25) is 0 Å². The van der Waals surface area contributed by atoms with E-state index in [2.05, 4.69) is 61.6 Å². The lowest BCUT2D eigenvalue weighted by Gasteiger charge is -2.13. The molecule has 1 N–H and O–H groups in total. The van der Waals surface area contributed by atoms with E-state index in [0.717, 1.165) is 46.3 Å². The molecule has 27 heavy (non-hydrogen) atoms. The van der Waals surface area contributed by atoms with Gasteiger partial charge in [0.25, 0.3) is 0 Å². The van der Waals surface area contributed by atoms with E-state index in [0.29, 0.717) is 0 Å². The van der Waals surface area contributed by atoms with Gasteiger partial charge in [-0.25, -0.2) is 4.68 Å². The molecule has 0 saturated carbocycles. The molecular weight excluding hydrogens is 356 g/mol. The quantitative estimate of drug-likeness (QED) is 0.667. The minimum Gasteiger partial charge on any atom is -0.378 e. The molecule has 0 unspecified atom stereocenters. The third-order valence-electron chi connectivity index (χ3n) is 5.16. The van der Waals surface area contributed by atoms with Crippen LogP contribution < -0.4 is 10.2 Å². The number of nitrogens with zero attached hydrogens (tertiary/aromatic N) is 3. The van der Waals surface area contributed by atoms with Crippen LogP contribution in [0.3, 0.4) is 0 Å². The fourth-order valence-corrected chi connectivity index (χ4v) is 3.82. The van der Waals surface area contributed by atoms with E-state index in [4.69, 9.17) is 16.7 Å². The molecule has 0 radical (unpaired) electrons. The van der Waals surface area contributed by atoms with Gasteiger partial charge in [0.05, 0.1) is 11.4 Å². The van der Waals surface area contributed by atoms with Crippen LogP contribution in [-0.4, -0.2) is 30.4 Å². The Labute approximate surface area is 165 Å². The first-order valence-corrected chi connectivity index (χ1v) is 9.82. The molecule has 0 saturated heterocycles. The highest BCUT2D eigenvalue weighted by molar-refractivity contribution is 6.30. The molecule has 1 aliphatic heterocycles. The number of nitrogens with one attached hydrogen (secondary N) is 1. The predicted molar refractivity (Wildman–Crippen MR) is 115 cm³/mol. The summed E-state index contributed by atoms with van der Waals surface area (Å²) < 4.78 is 2.04. The summed E-state index contributed by atoms with van der Waals surface area (Å²) in [5.41, 5.74) is 6.87. The summed E-state index contributed by atoms with van der Waals surface area (Å²) in [6, 6.07) is 14.6. The largest absolute Gasteiger partial charge is 0.378 e. The van der Waals surface area contributed by atoms with Crippen molar-refractivity contribution in [1.82, 2.24) is 9.78 Å². The molecule has 0 atom stereocenters. The van der Waals surface area contributed by atoms with E-state index in [9.17, 15) is 0 Å². The van der Waals surface area contributed by atoms with Gasteiger partial charge in [-0.3, -0.25) is 0 Å². The van der Waals surface area contributed by atoms with E-state index < -0.39 is 0 Å². The lowest BCUT2D eigenvalue weighted by atomic mass is 10.0. The SMILES string of the molecule is Cc1ccc(Cl)cc1-n1nc(-c2cccc(N(C)C)c2)c2c1NCCCC2. The van der Waals surface area contributed by atoms with Crippen LogP contribution in [0.5, 0.6) is 0 Å². The Morgan fingerprint density at radius 2 is 1.96 bits per heavy atom. The van der Waals surface area contributed by atoms with Gasteiger partial charge < -0.3 is 10.2 Å². The number of anilines is 2. The van der Waals surface area contributed by atoms with Crippen molar-refractivity contribution in [2.75, 3.05) is 30.9 Å². The Morgan fingerprint density at radius 3 is 2.78 bits per heavy atom. The predicted octanol–water partition coefficient (Wildman–Crippen LogP) is 5.32. The molecule has 0 spiro atoms. The molecule has 4 rings (SSSR count). The molecule has 5 heteroatoms. The van der Waals surface area contributed by atoms with E-state index in [1.165, 1.54) is 24.1 Å². The van der Waals surface area contributed by atoms with Crippen molar-refractivity contribution in [3.63, 3.8) is 0 Å². The van der Waals surface area contributed by atoms with Gasteiger partial charge in [0.15, 0.2) is 0 Å². The molecule has 1 aliphatic rings. The lowest BCUT2D eigenvalue weighted by Crippen LogP contribution is -2.08. The van der Waals surface area contributed by atoms with Crippen molar-refractivity contribution in [3.8, 4) is 16.9 Å². The molecule has 0 fully saturated rings. The summed E-state index contributed by atoms with van der Waals surface area (Å²) in [7, 11) is 4.13. The van der Waals surface area contributed by atoms with Crippen LogP contribution >= 0.6 is 11.6 Å². The monoisotopic (exact) mass is 380 g/mol. The molecule has 140 valence electrons. The molecule has 0 amide bonds. The van der Waals surface area contributed by atoms with Gasteiger partial charge >= 0.3 is 0 Å². The first kappa shape index (κ1) is 17.9. The summed E-state index contributed by atoms with van der Waals surface area (Å²) in [5.74, 6) is 1.10. The zero-order valence-electron chi connectivity index (χ0n) is 16.1. The molecule has 3 aromatic rings. The first-order chi connectivity index (χ1) is 13.0. The van der Waals surface area contributed by atoms with Gasteiger partial charge in [-0.2, -0.15) is 5.10 Å². The van der Waals surface area contributed by atoms with E-state index >= 15 is 0 Å². The van der Waals surface area contributed by atoms with Crippen LogP contribution in [0.1, 0.15) is 24.0 Å². The average molecular weight is 381 g/mol. The van der Waals surface area contributed by atoms with Crippen molar-refractivity contribution in [2.24, 2.45) is 0 Å². The van der Waals surface area contributed by atoms with Crippen molar-refractivity contribution < 1.29 is 0 Å². The molecule has 4 nitrogen and oxygen atoms in total. The zero-order chi connectivity index (χ0) is 19.0. The zero-order valence-corrected chi connectivity index (χ0v) is 16.8. The topological polar surface area (TPSA) is 33.1 Å². The maximum atomic E-state index is 6.29. The van der Waals surface area contributed by atoms with E-state index in [-0.39, 0.29) is 0 Å². The van der Waals surface area contributed by atoms with Crippen molar-refractivity contribution >= 4 is 23.1 Å². The third-order valence-corrected chi connectivity index (χ3v) is 5.40. The Balaban J connectivity index is 1.92. The van der Waals surface area contributed by atoms with Crippen molar-refractivity contribution in [3.05, 3.63) is 58.6 Å². The minimum atomic E-state index is 0.727. The molecule has 2 heterocycles. The Bertz CT molecular complexity index is 974. The van der Waals surface area contributed by atoms with E-state index in [1.807, 2.05) is 16.8 Å². The third kappa shape index (κ3) is 3.42. The van der Waals surface area contributed by atoms with Gasteiger partial charge in [0, 0.05) is 42.5 Å². The van der Waals surface area contributed by atoms with Crippen molar-refractivity contribution in [2.45, 2.75) is 26.2 Å². The average Bonchev–Trinajstić information content (AvgIpc) is 2.84. The summed E-state index contributed by atoms with van der Waals surface area (Å²) in [6.07, 6.45) is 3.37. The Kier molecular flexibility index (Phi) is 4.83. The fraction of sp³-hybridized carbons (Fsp3) is 0.318. The number of aromatic nitrogens is 2. The number of hydrogen-bond donors (Lipinski definition) is 1.